The number of H-pyrrole nitrogens is 1. The molecule has 0 bridgehead atoms. The Morgan fingerprint density at radius 1 is 1.30 bits per heavy atom. The average molecular weight is 424 g/mol. The molecule has 1 aromatic rings. The van der Waals surface area contributed by atoms with Gasteiger partial charge in [0.2, 0.25) is 17.7 Å². The molecule has 3 unspecified atom stereocenters. The summed E-state index contributed by atoms with van der Waals surface area (Å²) in [5, 5.41) is 22.4. The lowest BCUT2D eigenvalue weighted by molar-refractivity contribution is -0.148. The van der Waals surface area contributed by atoms with Gasteiger partial charge in [-0.25, -0.2) is 9.78 Å². The van der Waals surface area contributed by atoms with Crippen molar-refractivity contribution < 1.29 is 34.2 Å². The number of aromatic amines is 1. The van der Waals surface area contributed by atoms with Gasteiger partial charge in [0, 0.05) is 24.9 Å². The van der Waals surface area contributed by atoms with E-state index in [-0.39, 0.29) is 19.5 Å². The minimum absolute atomic E-state index is 0.203. The van der Waals surface area contributed by atoms with E-state index in [1.54, 1.807) is 0 Å². The van der Waals surface area contributed by atoms with Crippen LogP contribution in [-0.4, -0.2) is 86.0 Å². The lowest BCUT2D eigenvalue weighted by Gasteiger charge is -2.25. The van der Waals surface area contributed by atoms with Crippen LogP contribution in [0.3, 0.4) is 0 Å². The highest BCUT2D eigenvalue weighted by molar-refractivity contribution is 5.93. The molecule has 0 radical (unpaired) electrons. The zero-order chi connectivity index (χ0) is 22.3. The van der Waals surface area contributed by atoms with Gasteiger partial charge < -0.3 is 36.5 Å². The first-order chi connectivity index (χ1) is 14.2. The number of carbonyl (C=O) groups is 5. The Hall–Kier alpha value is -3.48. The number of amides is 3. The SMILES string of the molecule is NC(Cc1cnc[nH]1)C(=O)NCC(=O)N1CCCC1C(=O)NC(CC(=O)O)C(=O)O. The van der Waals surface area contributed by atoms with Gasteiger partial charge in [-0.1, -0.05) is 0 Å². The molecule has 1 aliphatic heterocycles. The molecule has 3 atom stereocenters. The highest BCUT2D eigenvalue weighted by Gasteiger charge is 2.36. The summed E-state index contributed by atoms with van der Waals surface area (Å²) in [4.78, 5) is 66.7. The molecule has 0 saturated carbocycles. The maximum Gasteiger partial charge on any atom is 0.326 e. The van der Waals surface area contributed by atoms with Crippen LogP contribution in [0.2, 0.25) is 0 Å². The molecule has 0 aliphatic carbocycles. The van der Waals surface area contributed by atoms with Crippen LogP contribution in [0.4, 0.5) is 0 Å². The highest BCUT2D eigenvalue weighted by Crippen LogP contribution is 2.17. The van der Waals surface area contributed by atoms with Crippen molar-refractivity contribution in [1.29, 1.82) is 0 Å². The molecule has 1 aromatic heterocycles. The fourth-order valence-electron chi connectivity index (χ4n) is 3.10. The fraction of sp³-hybridized carbons (Fsp3) is 0.529. The normalized spacial score (nSPS) is 17.8. The Morgan fingerprint density at radius 2 is 2.03 bits per heavy atom. The summed E-state index contributed by atoms with van der Waals surface area (Å²) in [6.07, 6.45) is 3.20. The number of aromatic nitrogens is 2. The fourth-order valence-corrected chi connectivity index (χ4v) is 3.10. The van der Waals surface area contributed by atoms with Crippen LogP contribution in [0, 0.1) is 0 Å². The van der Waals surface area contributed by atoms with Gasteiger partial charge in [-0.05, 0) is 12.8 Å². The topological polar surface area (TPSA) is 208 Å². The third-order valence-corrected chi connectivity index (χ3v) is 4.61. The minimum Gasteiger partial charge on any atom is -0.481 e. The van der Waals surface area contributed by atoms with Gasteiger partial charge in [0.15, 0.2) is 0 Å². The van der Waals surface area contributed by atoms with Gasteiger partial charge in [0.1, 0.15) is 12.1 Å². The lowest BCUT2D eigenvalue weighted by atomic mass is 10.1. The summed E-state index contributed by atoms with van der Waals surface area (Å²) in [6.45, 7) is -0.125. The van der Waals surface area contributed by atoms with Gasteiger partial charge in [-0.3, -0.25) is 19.2 Å². The highest BCUT2D eigenvalue weighted by atomic mass is 16.4. The van der Waals surface area contributed by atoms with Crippen molar-refractivity contribution in [1.82, 2.24) is 25.5 Å². The first-order valence-corrected chi connectivity index (χ1v) is 9.24. The zero-order valence-corrected chi connectivity index (χ0v) is 16.0. The van der Waals surface area contributed by atoms with E-state index < -0.39 is 54.2 Å². The summed E-state index contributed by atoms with van der Waals surface area (Å²) in [5.74, 6) is -4.70. The molecular formula is C17H24N6O7. The summed E-state index contributed by atoms with van der Waals surface area (Å²) in [5.41, 5.74) is 6.46. The van der Waals surface area contributed by atoms with Crippen molar-refractivity contribution >= 4 is 29.7 Å². The smallest absolute Gasteiger partial charge is 0.326 e. The van der Waals surface area contributed by atoms with E-state index in [0.717, 1.165) is 0 Å². The number of carboxylic acid groups (broad SMARTS) is 2. The van der Waals surface area contributed by atoms with Crippen molar-refractivity contribution in [2.45, 2.75) is 43.8 Å². The number of carbonyl (C=O) groups excluding carboxylic acids is 3. The molecule has 13 heteroatoms. The molecule has 2 rings (SSSR count). The monoisotopic (exact) mass is 424 g/mol. The molecule has 1 fully saturated rings. The van der Waals surface area contributed by atoms with Crippen LogP contribution in [0.1, 0.15) is 25.0 Å². The molecule has 3 amide bonds. The van der Waals surface area contributed by atoms with Crippen LogP contribution in [0.15, 0.2) is 12.5 Å². The molecule has 0 aromatic carbocycles. The second-order valence-corrected chi connectivity index (χ2v) is 6.85. The van der Waals surface area contributed by atoms with Gasteiger partial charge in [0.05, 0.1) is 25.3 Å². The van der Waals surface area contributed by atoms with Crippen LogP contribution in [0.25, 0.3) is 0 Å². The molecule has 13 nitrogen and oxygen atoms in total. The second kappa shape index (κ2) is 10.3. The van der Waals surface area contributed by atoms with Crippen molar-refractivity contribution in [2.75, 3.05) is 13.1 Å². The third-order valence-electron chi connectivity index (χ3n) is 4.61. The van der Waals surface area contributed by atoms with Gasteiger partial charge in [-0.15, -0.1) is 0 Å². The summed E-state index contributed by atoms with van der Waals surface area (Å²) in [7, 11) is 0. The Balaban J connectivity index is 1.88. The predicted octanol–water partition coefficient (Wildman–Crippen LogP) is -2.57. The first kappa shape index (κ1) is 22.8. The average Bonchev–Trinajstić information content (AvgIpc) is 3.36. The number of nitrogens with two attached hydrogens (primary N) is 1. The summed E-state index contributed by atoms with van der Waals surface area (Å²) >= 11 is 0. The number of hydrogen-bond donors (Lipinski definition) is 6. The Bertz CT molecular complexity index is 797. The third kappa shape index (κ3) is 6.27. The van der Waals surface area contributed by atoms with E-state index in [1.165, 1.54) is 17.4 Å². The van der Waals surface area contributed by atoms with Gasteiger partial charge in [-0.2, -0.15) is 0 Å². The molecule has 30 heavy (non-hydrogen) atoms. The number of nitrogens with one attached hydrogen (secondary N) is 3. The quantitative estimate of drug-likeness (QED) is 0.233. The molecule has 1 aliphatic rings. The zero-order valence-electron chi connectivity index (χ0n) is 16.0. The summed E-state index contributed by atoms with van der Waals surface area (Å²) < 4.78 is 0. The Labute approximate surface area is 171 Å². The Kier molecular flexibility index (Phi) is 7.86. The number of imidazole rings is 1. The van der Waals surface area contributed by atoms with Crippen LogP contribution >= 0.6 is 0 Å². The molecule has 1 saturated heterocycles. The molecule has 2 heterocycles. The van der Waals surface area contributed by atoms with Gasteiger partial charge in [0.25, 0.3) is 0 Å². The molecule has 7 N–H and O–H groups in total. The van der Waals surface area contributed by atoms with Gasteiger partial charge >= 0.3 is 11.9 Å². The molecular weight excluding hydrogens is 400 g/mol. The van der Waals surface area contributed by atoms with Crippen molar-refractivity contribution in [3.05, 3.63) is 18.2 Å². The van der Waals surface area contributed by atoms with E-state index in [2.05, 4.69) is 20.6 Å². The number of carboxylic acids is 2. The number of nitrogens with zero attached hydrogens (tertiary/aromatic N) is 2. The van der Waals surface area contributed by atoms with E-state index in [1.807, 2.05) is 0 Å². The predicted molar refractivity (Wildman–Crippen MR) is 99.8 cm³/mol. The maximum absolute atomic E-state index is 12.5. The lowest BCUT2D eigenvalue weighted by Crippen LogP contribution is -2.53. The van der Waals surface area contributed by atoms with E-state index in [0.29, 0.717) is 18.5 Å². The van der Waals surface area contributed by atoms with Crippen LogP contribution in [0.5, 0.6) is 0 Å². The molecule has 0 spiro atoms. The van der Waals surface area contributed by atoms with Crippen molar-refractivity contribution in [3.8, 4) is 0 Å². The second-order valence-electron chi connectivity index (χ2n) is 6.85. The van der Waals surface area contributed by atoms with Crippen LogP contribution < -0.4 is 16.4 Å². The number of likely N-dealkylation sites (tertiary alicyclic amines) is 1. The van der Waals surface area contributed by atoms with E-state index in [9.17, 15) is 24.0 Å². The Morgan fingerprint density at radius 3 is 2.63 bits per heavy atom. The maximum atomic E-state index is 12.5. The first-order valence-electron chi connectivity index (χ1n) is 9.24. The van der Waals surface area contributed by atoms with Crippen molar-refractivity contribution in [2.24, 2.45) is 5.73 Å². The minimum atomic E-state index is -1.60. The standard InChI is InChI=1S/C17H24N6O7/c18-10(4-9-6-19-8-21-9)15(27)20-7-13(24)23-3-1-2-12(23)16(28)22-11(17(29)30)5-14(25)26/h6,8,10-12H,1-5,7,18H2,(H,19,21)(H,20,27)(H,22,28)(H,25,26)(H,29,30). The van der Waals surface area contributed by atoms with Crippen LogP contribution in [-0.2, 0) is 30.4 Å². The number of hydrogen-bond acceptors (Lipinski definition) is 7. The van der Waals surface area contributed by atoms with E-state index >= 15 is 0 Å². The number of aliphatic carboxylic acids is 2. The number of rotatable bonds is 10. The largest absolute Gasteiger partial charge is 0.481 e. The molecule has 164 valence electrons. The van der Waals surface area contributed by atoms with E-state index in [4.69, 9.17) is 15.9 Å². The summed E-state index contributed by atoms with van der Waals surface area (Å²) in [6, 6.07) is -3.44. The van der Waals surface area contributed by atoms with Crippen molar-refractivity contribution in [3.63, 3.8) is 0 Å².